The number of ether oxygens (including phenoxy) is 1. The first-order valence-corrected chi connectivity index (χ1v) is 5.34. The van der Waals surface area contributed by atoms with Gasteiger partial charge in [0.05, 0.1) is 11.9 Å². The van der Waals surface area contributed by atoms with Crippen molar-refractivity contribution in [3.05, 3.63) is 60.2 Å². The molecule has 0 saturated carbocycles. The molecule has 1 N–H and O–H groups in total. The van der Waals surface area contributed by atoms with Crippen LogP contribution in [0.4, 0.5) is 0 Å². The summed E-state index contributed by atoms with van der Waals surface area (Å²) in [6.07, 6.45) is 3.40. The van der Waals surface area contributed by atoms with Crippen molar-refractivity contribution in [3.8, 4) is 0 Å². The van der Waals surface area contributed by atoms with Crippen LogP contribution in [0.1, 0.15) is 23.5 Å². The minimum atomic E-state index is -0.823. The summed E-state index contributed by atoms with van der Waals surface area (Å²) in [5.74, 6) is 0. The predicted octanol–water partition coefficient (Wildman–Crippen LogP) is 1.90. The molecule has 0 amide bonds. The van der Waals surface area contributed by atoms with Crippen LogP contribution in [0.2, 0.25) is 0 Å². The average Bonchev–Trinajstić information content (AvgIpc) is 2.42. The maximum atomic E-state index is 10.2. The summed E-state index contributed by atoms with van der Waals surface area (Å²) >= 11 is 0. The molecule has 1 aromatic carbocycles. The predicted molar refractivity (Wildman–Crippen MR) is 63.2 cm³/mol. The van der Waals surface area contributed by atoms with Gasteiger partial charge in [-0.25, -0.2) is 0 Å². The Morgan fingerprint density at radius 2 is 1.94 bits per heavy atom. The molecule has 0 aliphatic rings. The molecule has 4 nitrogen and oxygen atoms in total. The highest BCUT2D eigenvalue weighted by atomic mass is 16.5. The smallest absolute Gasteiger partial charge is 0.128 e. The number of methoxy groups -OCH3 is 1. The number of nitrogens with zero attached hydrogens (tertiary/aromatic N) is 2. The van der Waals surface area contributed by atoms with Gasteiger partial charge in [-0.3, -0.25) is 9.97 Å². The fourth-order valence-corrected chi connectivity index (χ4v) is 1.71. The maximum absolute atomic E-state index is 10.2. The first-order chi connectivity index (χ1) is 8.33. The van der Waals surface area contributed by atoms with Crippen molar-refractivity contribution in [3.63, 3.8) is 0 Å². The molecule has 2 rings (SSSR count). The second-order valence-electron chi connectivity index (χ2n) is 3.64. The monoisotopic (exact) mass is 230 g/mol. The molecular weight excluding hydrogens is 216 g/mol. The minimum absolute atomic E-state index is 0.437. The largest absolute Gasteiger partial charge is 0.384 e. The zero-order valence-electron chi connectivity index (χ0n) is 9.52. The summed E-state index contributed by atoms with van der Waals surface area (Å²) in [5.41, 5.74) is 1.41. The summed E-state index contributed by atoms with van der Waals surface area (Å²) in [6, 6.07) is 9.56. The van der Waals surface area contributed by atoms with E-state index in [2.05, 4.69) is 9.97 Å². The van der Waals surface area contributed by atoms with Gasteiger partial charge in [0.1, 0.15) is 12.2 Å². The van der Waals surface area contributed by atoms with Gasteiger partial charge < -0.3 is 9.84 Å². The van der Waals surface area contributed by atoms with Gasteiger partial charge in [-0.1, -0.05) is 30.3 Å². The van der Waals surface area contributed by atoms with Gasteiger partial charge in [-0.2, -0.15) is 0 Å². The normalized spacial score (nSPS) is 14.2. The quantitative estimate of drug-likeness (QED) is 0.871. The summed E-state index contributed by atoms with van der Waals surface area (Å²) in [6.45, 7) is 0. The van der Waals surface area contributed by atoms with E-state index < -0.39 is 12.2 Å². The molecule has 17 heavy (non-hydrogen) atoms. The molecular formula is C13H14N2O2. The summed E-state index contributed by atoms with van der Waals surface area (Å²) in [5, 5.41) is 10.2. The van der Waals surface area contributed by atoms with Crippen LogP contribution in [0.3, 0.4) is 0 Å². The van der Waals surface area contributed by atoms with E-state index in [9.17, 15) is 5.11 Å². The van der Waals surface area contributed by atoms with Crippen molar-refractivity contribution in [2.75, 3.05) is 7.11 Å². The standard InChI is InChI=1S/C13H14N2O2/c1-17-13(10-5-3-2-4-6-10)12(16)11-9-14-7-8-15-11/h2-9,12-13,16H,1H3. The summed E-state index contributed by atoms with van der Waals surface area (Å²) < 4.78 is 5.33. The van der Waals surface area contributed by atoms with Crippen molar-refractivity contribution < 1.29 is 9.84 Å². The van der Waals surface area contributed by atoms with Gasteiger partial charge in [0.25, 0.3) is 0 Å². The molecule has 0 bridgehead atoms. The van der Waals surface area contributed by atoms with E-state index in [4.69, 9.17) is 4.74 Å². The van der Waals surface area contributed by atoms with Crippen LogP contribution in [0, 0.1) is 0 Å². The lowest BCUT2D eigenvalue weighted by atomic mass is 10.0. The van der Waals surface area contributed by atoms with Crippen molar-refractivity contribution in [2.24, 2.45) is 0 Å². The third-order valence-corrected chi connectivity index (χ3v) is 2.55. The van der Waals surface area contributed by atoms with Crippen LogP contribution in [-0.4, -0.2) is 22.2 Å². The first kappa shape index (κ1) is 11.7. The highest BCUT2D eigenvalue weighted by Gasteiger charge is 2.23. The van der Waals surface area contributed by atoms with Gasteiger partial charge in [0, 0.05) is 19.5 Å². The Bertz CT molecular complexity index is 447. The molecule has 0 aliphatic carbocycles. The van der Waals surface area contributed by atoms with E-state index in [1.54, 1.807) is 25.7 Å². The molecule has 4 heteroatoms. The Morgan fingerprint density at radius 3 is 2.53 bits per heavy atom. The van der Waals surface area contributed by atoms with Gasteiger partial charge in [0.15, 0.2) is 0 Å². The molecule has 1 aromatic heterocycles. The lowest BCUT2D eigenvalue weighted by Crippen LogP contribution is -2.14. The summed E-state index contributed by atoms with van der Waals surface area (Å²) in [7, 11) is 1.57. The van der Waals surface area contributed by atoms with Crippen molar-refractivity contribution in [1.82, 2.24) is 9.97 Å². The van der Waals surface area contributed by atoms with Crippen molar-refractivity contribution in [1.29, 1.82) is 0 Å². The fraction of sp³-hybridized carbons (Fsp3) is 0.231. The van der Waals surface area contributed by atoms with Crippen molar-refractivity contribution in [2.45, 2.75) is 12.2 Å². The van der Waals surface area contributed by atoms with Crippen LogP contribution in [0.5, 0.6) is 0 Å². The van der Waals surface area contributed by atoms with Crippen LogP contribution >= 0.6 is 0 Å². The highest BCUT2D eigenvalue weighted by molar-refractivity contribution is 5.20. The topological polar surface area (TPSA) is 55.2 Å². The van der Waals surface area contributed by atoms with E-state index in [1.165, 1.54) is 0 Å². The number of aliphatic hydroxyl groups is 1. The molecule has 0 radical (unpaired) electrons. The van der Waals surface area contributed by atoms with Crippen LogP contribution < -0.4 is 0 Å². The second-order valence-corrected chi connectivity index (χ2v) is 3.64. The number of benzene rings is 1. The number of aromatic nitrogens is 2. The molecule has 0 saturated heterocycles. The van der Waals surface area contributed by atoms with E-state index in [-0.39, 0.29) is 0 Å². The Kier molecular flexibility index (Phi) is 3.80. The second kappa shape index (κ2) is 5.52. The number of hydrogen-bond donors (Lipinski definition) is 1. The Hall–Kier alpha value is -1.78. The first-order valence-electron chi connectivity index (χ1n) is 5.34. The molecule has 2 unspecified atom stereocenters. The average molecular weight is 230 g/mol. The molecule has 2 atom stereocenters. The number of hydrogen-bond acceptors (Lipinski definition) is 4. The molecule has 1 heterocycles. The Morgan fingerprint density at radius 1 is 1.18 bits per heavy atom. The van der Waals surface area contributed by atoms with Crippen molar-refractivity contribution >= 4 is 0 Å². The lowest BCUT2D eigenvalue weighted by molar-refractivity contribution is -0.0172. The SMILES string of the molecule is COC(c1ccccc1)C(O)c1cnccn1. The third-order valence-electron chi connectivity index (χ3n) is 2.55. The van der Waals surface area contributed by atoms with E-state index in [0.717, 1.165) is 5.56 Å². The van der Waals surface area contributed by atoms with Crippen LogP contribution in [0.15, 0.2) is 48.9 Å². The van der Waals surface area contributed by atoms with E-state index in [1.807, 2.05) is 30.3 Å². The molecule has 0 spiro atoms. The van der Waals surface area contributed by atoms with Gasteiger partial charge >= 0.3 is 0 Å². The zero-order valence-corrected chi connectivity index (χ0v) is 9.52. The minimum Gasteiger partial charge on any atom is -0.384 e. The zero-order chi connectivity index (χ0) is 12.1. The van der Waals surface area contributed by atoms with Crippen LogP contribution in [0.25, 0.3) is 0 Å². The van der Waals surface area contributed by atoms with E-state index in [0.29, 0.717) is 5.69 Å². The van der Waals surface area contributed by atoms with Gasteiger partial charge in [-0.05, 0) is 5.56 Å². The molecule has 0 fully saturated rings. The summed E-state index contributed by atoms with van der Waals surface area (Å²) in [4.78, 5) is 8.02. The Labute approximate surface area is 99.9 Å². The van der Waals surface area contributed by atoms with Gasteiger partial charge in [0.2, 0.25) is 0 Å². The van der Waals surface area contributed by atoms with Crippen LogP contribution in [-0.2, 0) is 4.74 Å². The van der Waals surface area contributed by atoms with E-state index >= 15 is 0 Å². The lowest BCUT2D eigenvalue weighted by Gasteiger charge is -2.21. The number of aliphatic hydroxyl groups excluding tert-OH is 1. The van der Waals surface area contributed by atoms with Gasteiger partial charge in [-0.15, -0.1) is 0 Å². The Balaban J connectivity index is 2.25. The maximum Gasteiger partial charge on any atom is 0.128 e. The molecule has 0 aliphatic heterocycles. The number of rotatable bonds is 4. The molecule has 88 valence electrons. The third kappa shape index (κ3) is 2.67. The molecule has 2 aromatic rings. The highest BCUT2D eigenvalue weighted by Crippen LogP contribution is 2.29. The fourth-order valence-electron chi connectivity index (χ4n) is 1.71.